The molecule has 10 rings (SSSR count). The van der Waals surface area contributed by atoms with Crippen molar-refractivity contribution in [2.24, 2.45) is 0 Å². The van der Waals surface area contributed by atoms with Crippen LogP contribution in [0.5, 0.6) is 0 Å². The Morgan fingerprint density at radius 2 is 0.627 bits per heavy atom. The van der Waals surface area contributed by atoms with Crippen LogP contribution >= 0.6 is 0 Å². The van der Waals surface area contributed by atoms with Crippen molar-refractivity contribution >= 4 is 49.3 Å². The highest BCUT2D eigenvalue weighted by molar-refractivity contribution is 6.11. The molecule has 2 N–H and O–H groups in total. The van der Waals surface area contributed by atoms with Crippen LogP contribution in [-0.2, 0) is 0 Å². The van der Waals surface area contributed by atoms with Crippen molar-refractivity contribution in [3.8, 4) is 44.8 Å². The highest BCUT2D eigenvalue weighted by atomic mass is 15.0. The summed E-state index contributed by atoms with van der Waals surface area (Å²) in [5, 5.41) is 5.02. The monoisotopic (exact) mass is 651 g/mol. The van der Waals surface area contributed by atoms with E-state index >= 15 is 0 Å². The van der Waals surface area contributed by atoms with E-state index in [0.29, 0.717) is 0 Å². The van der Waals surface area contributed by atoms with E-state index < -0.39 is 0 Å². The Kier molecular flexibility index (Phi) is 6.65. The van der Waals surface area contributed by atoms with Gasteiger partial charge < -0.3 is 14.9 Å². The first-order valence-corrected chi connectivity index (χ1v) is 17.4. The van der Waals surface area contributed by atoms with Crippen LogP contribution in [0.3, 0.4) is 0 Å². The third-order valence-corrected chi connectivity index (χ3v) is 10.3. The second kappa shape index (κ2) is 11.6. The zero-order chi connectivity index (χ0) is 33.9. The fraction of sp³-hybridized carbons (Fsp3) is 0. The second-order valence-electron chi connectivity index (χ2n) is 13.3. The van der Waals surface area contributed by atoms with Gasteiger partial charge in [0.05, 0.1) is 22.1 Å². The molecule has 0 fully saturated rings. The molecule has 0 aliphatic heterocycles. The van der Waals surface area contributed by atoms with E-state index in [-0.39, 0.29) is 0 Å². The molecule has 0 bridgehead atoms. The zero-order valence-corrected chi connectivity index (χ0v) is 27.9. The summed E-state index contributed by atoms with van der Waals surface area (Å²) in [4.78, 5) is 0. The highest BCUT2D eigenvalue weighted by Gasteiger charge is 2.15. The van der Waals surface area contributed by atoms with Crippen molar-refractivity contribution in [3.63, 3.8) is 0 Å². The number of fused-ring (bicyclic) bond motifs is 6. The smallest absolute Gasteiger partial charge is 0.0541 e. The highest BCUT2D eigenvalue weighted by Crippen LogP contribution is 2.38. The van der Waals surface area contributed by atoms with Gasteiger partial charge in [0.2, 0.25) is 0 Å². The summed E-state index contributed by atoms with van der Waals surface area (Å²) in [6.45, 7) is 0. The minimum Gasteiger partial charge on any atom is -0.399 e. The van der Waals surface area contributed by atoms with Gasteiger partial charge >= 0.3 is 0 Å². The topological polar surface area (TPSA) is 35.9 Å². The summed E-state index contributed by atoms with van der Waals surface area (Å²) in [6.07, 6.45) is 0. The predicted molar refractivity (Wildman–Crippen MR) is 216 cm³/mol. The Labute approximate surface area is 296 Å². The minimum atomic E-state index is 0.775. The van der Waals surface area contributed by atoms with Crippen LogP contribution in [0.1, 0.15) is 0 Å². The fourth-order valence-corrected chi connectivity index (χ4v) is 7.77. The third-order valence-electron chi connectivity index (χ3n) is 10.3. The quantitative estimate of drug-likeness (QED) is 0.185. The number of aromatic nitrogens is 2. The zero-order valence-electron chi connectivity index (χ0n) is 27.9. The lowest BCUT2D eigenvalue weighted by Gasteiger charge is -2.10. The van der Waals surface area contributed by atoms with Crippen LogP contribution in [0.2, 0.25) is 0 Å². The first-order chi connectivity index (χ1) is 25.2. The number of rotatable bonds is 5. The maximum Gasteiger partial charge on any atom is 0.0541 e. The Balaban J connectivity index is 1.01. The van der Waals surface area contributed by atoms with Crippen molar-refractivity contribution in [1.82, 2.24) is 9.13 Å². The van der Waals surface area contributed by atoms with Crippen LogP contribution in [-0.4, -0.2) is 9.13 Å². The molecule has 0 aliphatic carbocycles. The average Bonchev–Trinajstić information content (AvgIpc) is 3.71. The Morgan fingerprint density at radius 1 is 0.275 bits per heavy atom. The molecular formula is C48H33N3. The summed E-state index contributed by atoms with van der Waals surface area (Å²) in [5.41, 5.74) is 21.0. The Bertz CT molecular complexity index is 2880. The summed E-state index contributed by atoms with van der Waals surface area (Å²) in [6, 6.07) is 67.6. The van der Waals surface area contributed by atoms with Gasteiger partial charge in [0.1, 0.15) is 0 Å². The van der Waals surface area contributed by atoms with E-state index in [4.69, 9.17) is 5.73 Å². The Morgan fingerprint density at radius 3 is 1.14 bits per heavy atom. The molecule has 3 nitrogen and oxygen atoms in total. The van der Waals surface area contributed by atoms with Crippen LogP contribution < -0.4 is 5.73 Å². The van der Waals surface area contributed by atoms with Crippen LogP contribution in [0.25, 0.3) is 88.4 Å². The van der Waals surface area contributed by atoms with Crippen molar-refractivity contribution in [2.45, 2.75) is 0 Å². The van der Waals surface area contributed by atoms with Crippen LogP contribution in [0.15, 0.2) is 188 Å². The number of hydrogen-bond donors (Lipinski definition) is 1. The molecule has 2 aromatic heterocycles. The third kappa shape index (κ3) is 4.82. The largest absolute Gasteiger partial charge is 0.399 e. The van der Waals surface area contributed by atoms with Crippen molar-refractivity contribution in [1.29, 1.82) is 0 Å². The molecule has 0 saturated carbocycles. The maximum absolute atomic E-state index is 5.92. The van der Waals surface area contributed by atoms with Crippen LogP contribution in [0, 0.1) is 0 Å². The van der Waals surface area contributed by atoms with Crippen LogP contribution in [0.4, 0.5) is 5.69 Å². The lowest BCUT2D eigenvalue weighted by molar-refractivity contribution is 1.18. The first-order valence-electron chi connectivity index (χ1n) is 17.4. The van der Waals surface area contributed by atoms with E-state index in [1.807, 2.05) is 12.1 Å². The molecular weight excluding hydrogens is 619 g/mol. The van der Waals surface area contributed by atoms with Gasteiger partial charge in [-0.05, 0) is 106 Å². The van der Waals surface area contributed by atoms with E-state index in [1.54, 1.807) is 0 Å². The van der Waals surface area contributed by atoms with E-state index in [2.05, 4.69) is 185 Å². The van der Waals surface area contributed by atoms with Gasteiger partial charge in [-0.2, -0.15) is 0 Å². The SMILES string of the molecule is Nc1ccc(-c2ccc(-n3c4ccccc4c4cc(-c5ccc(-c6ccc7c(c6)c6ccccc6n7-c6ccccc6)cc5)ccc43)cc2)cc1. The maximum atomic E-state index is 5.92. The normalized spacial score (nSPS) is 11.6. The van der Waals surface area contributed by atoms with Gasteiger partial charge in [0.15, 0.2) is 0 Å². The molecule has 0 unspecified atom stereocenters. The summed E-state index contributed by atoms with van der Waals surface area (Å²) in [7, 11) is 0. The lowest BCUT2D eigenvalue weighted by Crippen LogP contribution is -1.93. The van der Waals surface area contributed by atoms with Gasteiger partial charge in [0.25, 0.3) is 0 Å². The van der Waals surface area contributed by atoms with Gasteiger partial charge in [-0.1, -0.05) is 115 Å². The number of nitrogen functional groups attached to an aromatic ring is 1. The number of nitrogens with zero attached hydrogens (tertiary/aromatic N) is 2. The summed E-state index contributed by atoms with van der Waals surface area (Å²) < 4.78 is 4.73. The standard InChI is InChI=1S/C48H33N3/c49-38-24-18-32(19-25-38)33-20-26-40(27-21-33)51-46-13-7-5-11-42(46)44-31-37(23-29-48(44)51)35-16-14-34(15-17-35)36-22-28-47-43(30-36)41-10-4-6-12-45(41)50(47)39-8-2-1-3-9-39/h1-31H,49H2. The molecule has 0 amide bonds. The first kappa shape index (κ1) is 29.1. The lowest BCUT2D eigenvalue weighted by atomic mass is 9.98. The van der Waals surface area contributed by atoms with E-state index in [0.717, 1.165) is 16.9 Å². The van der Waals surface area contributed by atoms with Gasteiger partial charge in [-0.3, -0.25) is 0 Å². The average molecular weight is 652 g/mol. The van der Waals surface area contributed by atoms with Crippen molar-refractivity contribution in [2.75, 3.05) is 5.73 Å². The molecule has 0 atom stereocenters. The number of benzene rings is 8. The molecule has 0 radical (unpaired) electrons. The Hall–Kier alpha value is -6.84. The van der Waals surface area contributed by atoms with Crippen molar-refractivity contribution in [3.05, 3.63) is 188 Å². The molecule has 2 heterocycles. The molecule has 10 aromatic rings. The summed E-state index contributed by atoms with van der Waals surface area (Å²) >= 11 is 0. The van der Waals surface area contributed by atoms with E-state index in [9.17, 15) is 0 Å². The number of hydrogen-bond acceptors (Lipinski definition) is 1. The van der Waals surface area contributed by atoms with E-state index in [1.165, 1.54) is 77.1 Å². The molecule has 0 spiro atoms. The number of anilines is 1. The second-order valence-corrected chi connectivity index (χ2v) is 13.3. The molecule has 3 heteroatoms. The molecule has 51 heavy (non-hydrogen) atoms. The predicted octanol–water partition coefficient (Wildman–Crippen LogP) is 12.5. The summed E-state index contributed by atoms with van der Waals surface area (Å²) in [5.74, 6) is 0. The van der Waals surface area contributed by atoms with Gasteiger partial charge in [-0.25, -0.2) is 0 Å². The fourth-order valence-electron chi connectivity index (χ4n) is 7.77. The van der Waals surface area contributed by atoms with Gasteiger partial charge in [0, 0.05) is 38.6 Å². The molecule has 8 aromatic carbocycles. The number of para-hydroxylation sites is 3. The molecule has 240 valence electrons. The minimum absolute atomic E-state index is 0.775. The van der Waals surface area contributed by atoms with Crippen molar-refractivity contribution < 1.29 is 0 Å². The molecule has 0 saturated heterocycles. The van der Waals surface area contributed by atoms with Gasteiger partial charge in [-0.15, -0.1) is 0 Å². The molecule has 0 aliphatic rings. The number of nitrogens with two attached hydrogens (primary N) is 1.